The van der Waals surface area contributed by atoms with Gasteiger partial charge in [0.2, 0.25) is 0 Å². The molecule has 0 fully saturated rings. The highest BCUT2D eigenvalue weighted by Crippen LogP contribution is 2.31. The van der Waals surface area contributed by atoms with E-state index >= 15 is 0 Å². The van der Waals surface area contributed by atoms with Gasteiger partial charge in [-0.15, -0.1) is 11.3 Å². The van der Waals surface area contributed by atoms with Gasteiger partial charge in [-0.1, -0.05) is 23.7 Å². The largest absolute Gasteiger partial charge is 0.375 e. The van der Waals surface area contributed by atoms with Crippen LogP contribution in [0, 0.1) is 0 Å². The van der Waals surface area contributed by atoms with Crippen molar-refractivity contribution in [2.24, 2.45) is 5.73 Å². The second-order valence-electron chi connectivity index (χ2n) is 3.55. The van der Waals surface area contributed by atoms with Gasteiger partial charge >= 0.3 is 0 Å². The van der Waals surface area contributed by atoms with Crippen LogP contribution in [0.15, 0.2) is 40.9 Å². The first-order chi connectivity index (χ1) is 8.20. The minimum Gasteiger partial charge on any atom is -0.375 e. The Kier molecular flexibility index (Phi) is 4.45. The van der Waals surface area contributed by atoms with Crippen molar-refractivity contribution in [3.05, 3.63) is 50.1 Å². The molecule has 0 saturated carbocycles. The molecule has 3 N–H and O–H groups in total. The molecule has 0 spiro atoms. The van der Waals surface area contributed by atoms with Crippen LogP contribution in [0.2, 0.25) is 4.34 Å². The Balaban J connectivity index is 2.18. The number of hydrogen-bond acceptors (Lipinski definition) is 3. The molecule has 0 aliphatic heterocycles. The minimum atomic E-state index is 0.0891. The number of nitrogens with one attached hydrogen (secondary N) is 1. The number of benzene rings is 1. The highest BCUT2D eigenvalue weighted by atomic mass is 79.9. The molecule has 2 aromatic rings. The van der Waals surface area contributed by atoms with E-state index < -0.39 is 0 Å². The van der Waals surface area contributed by atoms with Crippen molar-refractivity contribution in [3.8, 4) is 0 Å². The van der Waals surface area contributed by atoms with E-state index in [1.807, 2.05) is 36.4 Å². The second kappa shape index (κ2) is 5.87. The fourth-order valence-electron chi connectivity index (χ4n) is 1.53. The fourth-order valence-corrected chi connectivity index (χ4v) is 3.05. The van der Waals surface area contributed by atoms with Gasteiger partial charge in [-0.2, -0.15) is 0 Å². The van der Waals surface area contributed by atoms with Gasteiger partial charge < -0.3 is 11.1 Å². The Hall–Kier alpha value is -0.550. The minimum absolute atomic E-state index is 0.0891. The summed E-state index contributed by atoms with van der Waals surface area (Å²) in [5.74, 6) is 0. The number of rotatable bonds is 4. The topological polar surface area (TPSA) is 38.0 Å². The van der Waals surface area contributed by atoms with E-state index in [1.165, 1.54) is 0 Å². The second-order valence-corrected chi connectivity index (χ2v) is 6.16. The Labute approximate surface area is 118 Å². The van der Waals surface area contributed by atoms with Crippen molar-refractivity contribution < 1.29 is 0 Å². The van der Waals surface area contributed by atoms with Gasteiger partial charge in [0.25, 0.3) is 0 Å². The summed E-state index contributed by atoms with van der Waals surface area (Å²) in [6.07, 6.45) is 0. The summed E-state index contributed by atoms with van der Waals surface area (Å²) in [4.78, 5) is 1.15. The molecule has 0 radical (unpaired) electrons. The maximum atomic E-state index is 5.94. The SMILES string of the molecule is NCC(Nc1ccccc1Br)c1ccc(Cl)s1. The quantitative estimate of drug-likeness (QED) is 0.877. The van der Waals surface area contributed by atoms with Crippen LogP contribution in [0.5, 0.6) is 0 Å². The van der Waals surface area contributed by atoms with Crippen LogP contribution in [0.4, 0.5) is 5.69 Å². The smallest absolute Gasteiger partial charge is 0.0932 e. The molecule has 17 heavy (non-hydrogen) atoms. The van der Waals surface area contributed by atoms with E-state index in [1.54, 1.807) is 11.3 Å². The van der Waals surface area contributed by atoms with E-state index in [2.05, 4.69) is 21.2 Å². The number of para-hydroxylation sites is 1. The van der Waals surface area contributed by atoms with Gasteiger partial charge in [-0.05, 0) is 40.2 Å². The first-order valence-electron chi connectivity index (χ1n) is 5.17. The molecule has 0 bridgehead atoms. The number of nitrogens with two attached hydrogens (primary N) is 1. The van der Waals surface area contributed by atoms with Gasteiger partial charge in [-0.3, -0.25) is 0 Å². The van der Waals surface area contributed by atoms with Crippen molar-refractivity contribution in [2.75, 3.05) is 11.9 Å². The summed E-state index contributed by atoms with van der Waals surface area (Å²) >= 11 is 11.0. The molecular weight excluding hydrogens is 320 g/mol. The van der Waals surface area contributed by atoms with E-state index in [-0.39, 0.29) is 6.04 Å². The predicted molar refractivity (Wildman–Crippen MR) is 78.9 cm³/mol. The number of hydrogen-bond donors (Lipinski definition) is 2. The average Bonchev–Trinajstić information content (AvgIpc) is 2.75. The van der Waals surface area contributed by atoms with Gasteiger partial charge in [0.1, 0.15) is 0 Å². The van der Waals surface area contributed by atoms with Gasteiger partial charge in [0, 0.05) is 21.6 Å². The van der Waals surface area contributed by atoms with E-state index in [0.717, 1.165) is 19.4 Å². The lowest BCUT2D eigenvalue weighted by molar-refractivity contribution is 0.805. The van der Waals surface area contributed by atoms with Crippen molar-refractivity contribution in [2.45, 2.75) is 6.04 Å². The maximum absolute atomic E-state index is 5.94. The number of anilines is 1. The third kappa shape index (κ3) is 3.22. The molecule has 90 valence electrons. The van der Waals surface area contributed by atoms with Gasteiger partial charge in [-0.25, -0.2) is 0 Å². The summed E-state index contributed by atoms with van der Waals surface area (Å²) in [5.41, 5.74) is 6.83. The summed E-state index contributed by atoms with van der Waals surface area (Å²) in [6, 6.07) is 12.0. The lowest BCUT2D eigenvalue weighted by Crippen LogP contribution is -2.19. The van der Waals surface area contributed by atoms with E-state index in [9.17, 15) is 0 Å². The van der Waals surface area contributed by atoms with Crippen LogP contribution in [0.25, 0.3) is 0 Å². The van der Waals surface area contributed by atoms with Crippen molar-refractivity contribution in [3.63, 3.8) is 0 Å². The Morgan fingerprint density at radius 3 is 2.65 bits per heavy atom. The first-order valence-corrected chi connectivity index (χ1v) is 7.16. The summed E-state index contributed by atoms with van der Waals surface area (Å²) in [5, 5.41) is 3.41. The van der Waals surface area contributed by atoms with Crippen LogP contribution in [-0.4, -0.2) is 6.54 Å². The molecule has 0 aliphatic carbocycles. The van der Waals surface area contributed by atoms with Crippen LogP contribution in [0.1, 0.15) is 10.9 Å². The predicted octanol–water partition coefficient (Wildman–Crippen LogP) is 4.28. The highest BCUT2D eigenvalue weighted by Gasteiger charge is 2.12. The molecule has 1 heterocycles. The lowest BCUT2D eigenvalue weighted by atomic mass is 10.2. The molecule has 0 saturated heterocycles. The lowest BCUT2D eigenvalue weighted by Gasteiger charge is -2.17. The Bertz CT molecular complexity index is 501. The van der Waals surface area contributed by atoms with E-state index in [0.29, 0.717) is 6.54 Å². The fraction of sp³-hybridized carbons (Fsp3) is 0.167. The highest BCUT2D eigenvalue weighted by molar-refractivity contribution is 9.10. The molecule has 1 aromatic heterocycles. The third-order valence-electron chi connectivity index (χ3n) is 2.38. The molecule has 5 heteroatoms. The van der Waals surface area contributed by atoms with Crippen molar-refractivity contribution in [1.82, 2.24) is 0 Å². The first kappa shape index (κ1) is 12.9. The van der Waals surface area contributed by atoms with Crippen LogP contribution in [0.3, 0.4) is 0 Å². The molecule has 1 atom stereocenters. The van der Waals surface area contributed by atoms with E-state index in [4.69, 9.17) is 17.3 Å². The Morgan fingerprint density at radius 1 is 1.29 bits per heavy atom. The number of halogens is 2. The summed E-state index contributed by atoms with van der Waals surface area (Å²) < 4.78 is 1.81. The van der Waals surface area contributed by atoms with Crippen LogP contribution < -0.4 is 11.1 Å². The van der Waals surface area contributed by atoms with Gasteiger partial charge in [0.15, 0.2) is 0 Å². The van der Waals surface area contributed by atoms with Crippen LogP contribution in [-0.2, 0) is 0 Å². The maximum Gasteiger partial charge on any atom is 0.0932 e. The zero-order valence-corrected chi connectivity index (χ0v) is 12.1. The third-order valence-corrected chi connectivity index (χ3v) is 4.41. The van der Waals surface area contributed by atoms with Crippen molar-refractivity contribution in [1.29, 1.82) is 0 Å². The standard InChI is InChI=1S/C12H12BrClN2S/c13-8-3-1-2-4-9(8)16-10(7-15)11-5-6-12(14)17-11/h1-6,10,16H,7,15H2. The van der Waals surface area contributed by atoms with Crippen molar-refractivity contribution >= 4 is 44.6 Å². The molecular formula is C12H12BrClN2S. The molecule has 0 aliphatic rings. The molecule has 1 unspecified atom stereocenters. The molecule has 1 aromatic carbocycles. The molecule has 2 nitrogen and oxygen atoms in total. The van der Waals surface area contributed by atoms with Gasteiger partial charge in [0.05, 0.1) is 10.4 Å². The average molecular weight is 332 g/mol. The molecule has 2 rings (SSSR count). The number of thiophene rings is 1. The monoisotopic (exact) mass is 330 g/mol. The molecule has 0 amide bonds. The normalized spacial score (nSPS) is 12.4. The summed E-state index contributed by atoms with van der Waals surface area (Å²) in [7, 11) is 0. The Morgan fingerprint density at radius 2 is 2.06 bits per heavy atom. The van der Waals surface area contributed by atoms with Crippen LogP contribution >= 0.6 is 38.9 Å². The zero-order chi connectivity index (χ0) is 12.3. The summed E-state index contributed by atoms with van der Waals surface area (Å²) in [6.45, 7) is 0.526. The zero-order valence-electron chi connectivity index (χ0n) is 8.99.